The molecule has 1 fully saturated rings. The van der Waals surface area contributed by atoms with Crippen LogP contribution in [-0.4, -0.2) is 38.1 Å². The van der Waals surface area contributed by atoms with Crippen LogP contribution in [-0.2, 0) is 0 Å². The van der Waals surface area contributed by atoms with Crippen molar-refractivity contribution < 1.29 is 0 Å². The van der Waals surface area contributed by atoms with Gasteiger partial charge in [0.15, 0.2) is 0 Å². The highest BCUT2D eigenvalue weighted by molar-refractivity contribution is 5.52. The van der Waals surface area contributed by atoms with Crippen molar-refractivity contribution in [2.75, 3.05) is 33.2 Å². The summed E-state index contributed by atoms with van der Waals surface area (Å²) < 4.78 is 0. The maximum Gasteiger partial charge on any atom is 0.0162 e. The highest BCUT2D eigenvalue weighted by Gasteiger charge is 2.08. The number of benzene rings is 1. The molecular weight excluding hydrogens is 304 g/mol. The maximum atomic E-state index is 3.12. The number of nitrogens with one attached hydrogen (secondary N) is 1. The summed E-state index contributed by atoms with van der Waals surface area (Å²) in [6.45, 7) is 17.6. The smallest absolute Gasteiger partial charge is 0.0162 e. The lowest BCUT2D eigenvalue weighted by Crippen LogP contribution is -2.19. The second-order valence-electron chi connectivity index (χ2n) is 6.19. The molecule has 1 aromatic carbocycles. The number of rotatable bonds is 5. The Morgan fingerprint density at radius 2 is 1.56 bits per heavy atom. The Hall–Kier alpha value is -1.12. The van der Waals surface area contributed by atoms with Crippen molar-refractivity contribution in [2.24, 2.45) is 0 Å². The van der Waals surface area contributed by atoms with E-state index in [2.05, 4.69) is 68.3 Å². The molecule has 1 N–H and O–H groups in total. The van der Waals surface area contributed by atoms with E-state index < -0.39 is 0 Å². The number of hydrogen-bond donors (Lipinski definition) is 1. The van der Waals surface area contributed by atoms with E-state index in [1.165, 1.54) is 56.5 Å². The van der Waals surface area contributed by atoms with Crippen LogP contribution in [0.5, 0.6) is 0 Å². The lowest BCUT2D eigenvalue weighted by atomic mass is 10.1. The predicted molar refractivity (Wildman–Crippen MR) is 117 cm³/mol. The Morgan fingerprint density at radius 1 is 1.04 bits per heavy atom. The highest BCUT2D eigenvalue weighted by Crippen LogP contribution is 2.06. The first kappa shape index (κ1) is 26.1. The molecule has 0 amide bonds. The molecule has 0 aliphatic carbocycles. The van der Waals surface area contributed by atoms with Crippen molar-refractivity contribution in [2.45, 2.75) is 67.2 Å². The van der Waals surface area contributed by atoms with E-state index in [0.717, 1.165) is 6.54 Å². The van der Waals surface area contributed by atoms with Crippen LogP contribution in [0.1, 0.15) is 72.8 Å². The van der Waals surface area contributed by atoms with Crippen LogP contribution >= 0.6 is 0 Å². The quantitative estimate of drug-likeness (QED) is 0.677. The van der Waals surface area contributed by atoms with Crippen LogP contribution in [0.15, 0.2) is 35.9 Å². The van der Waals surface area contributed by atoms with Gasteiger partial charge >= 0.3 is 0 Å². The van der Waals surface area contributed by atoms with Crippen molar-refractivity contribution in [1.82, 2.24) is 10.2 Å². The fourth-order valence-electron chi connectivity index (χ4n) is 2.49. The van der Waals surface area contributed by atoms with E-state index in [1.807, 2.05) is 27.0 Å². The molecule has 0 atom stereocenters. The molecule has 0 saturated carbocycles. The van der Waals surface area contributed by atoms with E-state index in [0.29, 0.717) is 0 Å². The van der Waals surface area contributed by atoms with Crippen molar-refractivity contribution in [1.29, 1.82) is 0 Å². The molecule has 2 nitrogen and oxygen atoms in total. The Balaban J connectivity index is 0. The topological polar surface area (TPSA) is 15.3 Å². The number of nitrogens with zero attached hydrogens (tertiary/aromatic N) is 1. The molecule has 0 bridgehead atoms. The van der Waals surface area contributed by atoms with Crippen molar-refractivity contribution in [3.63, 3.8) is 0 Å². The minimum atomic E-state index is 0.953. The van der Waals surface area contributed by atoms with Crippen LogP contribution in [0.25, 0.3) is 6.08 Å². The van der Waals surface area contributed by atoms with Gasteiger partial charge in [0.1, 0.15) is 0 Å². The predicted octanol–water partition coefficient (Wildman–Crippen LogP) is 6.24. The van der Waals surface area contributed by atoms with Gasteiger partial charge in [-0.1, -0.05) is 83.0 Å². The van der Waals surface area contributed by atoms with Gasteiger partial charge in [0.05, 0.1) is 0 Å². The van der Waals surface area contributed by atoms with Gasteiger partial charge in [-0.25, -0.2) is 0 Å². The van der Waals surface area contributed by atoms with Crippen molar-refractivity contribution in [3.05, 3.63) is 41.5 Å². The van der Waals surface area contributed by atoms with Crippen molar-refractivity contribution in [3.8, 4) is 0 Å². The summed E-state index contributed by atoms with van der Waals surface area (Å²) in [5.41, 5.74) is 2.62. The molecule has 1 saturated heterocycles. The molecule has 1 aromatic rings. The van der Waals surface area contributed by atoms with Gasteiger partial charge in [0.2, 0.25) is 0 Å². The average molecular weight is 349 g/mol. The molecule has 1 aliphatic rings. The Bertz CT molecular complexity index is 378. The summed E-state index contributed by atoms with van der Waals surface area (Å²) in [4.78, 5) is 2.54. The third-order valence-corrected chi connectivity index (χ3v) is 3.41. The Kier molecular flexibility index (Phi) is 21.9. The Morgan fingerprint density at radius 3 is 2.00 bits per heavy atom. The molecule has 146 valence electrons. The van der Waals surface area contributed by atoms with Gasteiger partial charge < -0.3 is 10.2 Å². The van der Waals surface area contributed by atoms with Gasteiger partial charge in [0, 0.05) is 6.54 Å². The monoisotopic (exact) mass is 348 g/mol. The molecule has 2 heteroatoms. The number of hydrogen-bond acceptors (Lipinski definition) is 2. The largest absolute Gasteiger partial charge is 0.316 e. The van der Waals surface area contributed by atoms with Gasteiger partial charge in [0.25, 0.3) is 0 Å². The maximum absolute atomic E-state index is 3.12. The van der Waals surface area contributed by atoms with Gasteiger partial charge in [-0.3, -0.25) is 0 Å². The van der Waals surface area contributed by atoms with Gasteiger partial charge in [-0.15, -0.1) is 0 Å². The summed E-state index contributed by atoms with van der Waals surface area (Å²) in [5.74, 6) is 0. The number of likely N-dealkylation sites (tertiary alicyclic amines) is 1. The number of likely N-dealkylation sites (N-methyl/N-ethyl adjacent to an activating group) is 1. The lowest BCUT2D eigenvalue weighted by Gasteiger charge is -2.11. The zero-order valence-corrected chi connectivity index (χ0v) is 18.1. The van der Waals surface area contributed by atoms with Crippen LogP contribution in [0.4, 0.5) is 0 Å². The Labute approximate surface area is 158 Å². The third-order valence-electron chi connectivity index (χ3n) is 3.41. The van der Waals surface area contributed by atoms with E-state index in [4.69, 9.17) is 0 Å². The SMILES string of the molecule is CC.CCC.CCCN1CCCC1.CNC/C(C)=C/c1ccccc1. The molecule has 1 aliphatic heterocycles. The zero-order chi connectivity index (χ0) is 19.3. The van der Waals surface area contributed by atoms with E-state index in [1.54, 1.807) is 0 Å². The molecule has 0 aromatic heterocycles. The first-order valence-electron chi connectivity index (χ1n) is 10.3. The molecule has 0 spiro atoms. The van der Waals surface area contributed by atoms with Crippen LogP contribution in [0.3, 0.4) is 0 Å². The van der Waals surface area contributed by atoms with Crippen LogP contribution in [0, 0.1) is 0 Å². The highest BCUT2D eigenvalue weighted by atomic mass is 15.1. The first-order valence-corrected chi connectivity index (χ1v) is 10.3. The molecule has 0 radical (unpaired) electrons. The van der Waals surface area contributed by atoms with E-state index in [-0.39, 0.29) is 0 Å². The lowest BCUT2D eigenvalue weighted by molar-refractivity contribution is 0.339. The normalized spacial score (nSPS) is 13.6. The minimum Gasteiger partial charge on any atom is -0.316 e. The second kappa shape index (κ2) is 20.9. The minimum absolute atomic E-state index is 0.953. The van der Waals surface area contributed by atoms with Crippen LogP contribution < -0.4 is 5.32 Å². The molecule has 25 heavy (non-hydrogen) atoms. The summed E-state index contributed by atoms with van der Waals surface area (Å²) in [6, 6.07) is 10.4. The van der Waals surface area contributed by atoms with E-state index >= 15 is 0 Å². The third kappa shape index (κ3) is 17.5. The van der Waals surface area contributed by atoms with Gasteiger partial charge in [-0.05, 0) is 58.4 Å². The molecule has 1 heterocycles. The second-order valence-corrected chi connectivity index (χ2v) is 6.19. The standard InChI is InChI=1S/C11H15N.C7H15N.C3H8.C2H6/c1-10(9-12-2)8-11-6-4-3-5-7-11;1-2-5-8-6-3-4-7-8;1-3-2;1-2/h3-8,12H,9H2,1-2H3;2-7H2,1H3;3H2,1-2H3;1-2H3/b10-8+;;;. The first-order chi connectivity index (χ1) is 12.2. The fourth-order valence-corrected chi connectivity index (χ4v) is 2.49. The summed E-state index contributed by atoms with van der Waals surface area (Å²) >= 11 is 0. The van der Waals surface area contributed by atoms with Crippen LogP contribution in [0.2, 0.25) is 0 Å². The molecular formula is C23H44N2. The fraction of sp³-hybridized carbons (Fsp3) is 0.652. The summed E-state index contributed by atoms with van der Waals surface area (Å²) in [7, 11) is 1.96. The zero-order valence-electron chi connectivity index (χ0n) is 18.1. The van der Waals surface area contributed by atoms with Crippen molar-refractivity contribution >= 4 is 6.08 Å². The van der Waals surface area contributed by atoms with Gasteiger partial charge in [-0.2, -0.15) is 0 Å². The molecule has 2 rings (SSSR count). The van der Waals surface area contributed by atoms with E-state index in [9.17, 15) is 0 Å². The summed E-state index contributed by atoms with van der Waals surface area (Å²) in [6.07, 6.45) is 7.62. The average Bonchev–Trinajstić information content (AvgIpc) is 3.13. The molecule has 0 unspecified atom stereocenters. The summed E-state index contributed by atoms with van der Waals surface area (Å²) in [5, 5.41) is 3.12.